The number of benzene rings is 1. The van der Waals surface area contributed by atoms with Gasteiger partial charge in [0.25, 0.3) is 0 Å². The number of carboxylic acids is 1. The number of aromatic carboxylic acids is 1. The Kier molecular flexibility index (Phi) is 4.90. The minimum Gasteiger partial charge on any atom is -0.495 e. The fourth-order valence-electron chi connectivity index (χ4n) is 1.62. The van der Waals surface area contributed by atoms with Crippen molar-refractivity contribution in [3.63, 3.8) is 0 Å². The van der Waals surface area contributed by atoms with Crippen molar-refractivity contribution in [2.75, 3.05) is 20.7 Å². The summed E-state index contributed by atoms with van der Waals surface area (Å²) in [7, 11) is -0.890. The van der Waals surface area contributed by atoms with Crippen LogP contribution in [0.3, 0.4) is 0 Å². The molecule has 0 spiro atoms. The van der Waals surface area contributed by atoms with Crippen molar-refractivity contribution in [2.24, 2.45) is 0 Å². The number of carboxylic acid groups (broad SMARTS) is 1. The van der Waals surface area contributed by atoms with Gasteiger partial charge in [-0.25, -0.2) is 17.5 Å². The summed E-state index contributed by atoms with van der Waals surface area (Å²) < 4.78 is 30.8. The maximum absolute atomic E-state index is 12.3. The minimum atomic E-state index is -3.67. The summed E-state index contributed by atoms with van der Waals surface area (Å²) in [6, 6.07) is 3.70. The van der Waals surface area contributed by atoms with E-state index in [4.69, 9.17) is 9.84 Å². The Morgan fingerprint density at radius 3 is 2.53 bits per heavy atom. The van der Waals surface area contributed by atoms with Crippen LogP contribution in [0.5, 0.6) is 5.75 Å². The maximum Gasteiger partial charge on any atom is 0.335 e. The van der Waals surface area contributed by atoms with Gasteiger partial charge in [-0.3, -0.25) is 0 Å². The number of methoxy groups -OCH3 is 1. The molecule has 0 saturated heterocycles. The van der Waals surface area contributed by atoms with E-state index in [9.17, 15) is 13.2 Å². The Bertz CT molecular complexity index is 567. The average Bonchev–Trinajstić information content (AvgIpc) is 2.38. The zero-order valence-corrected chi connectivity index (χ0v) is 11.9. The lowest BCUT2D eigenvalue weighted by molar-refractivity contribution is 0.0696. The third-order valence-corrected chi connectivity index (χ3v) is 4.53. The summed E-state index contributed by atoms with van der Waals surface area (Å²) in [5.41, 5.74) is -0.0195. The number of sulfonamides is 1. The van der Waals surface area contributed by atoms with E-state index in [0.29, 0.717) is 13.0 Å². The Hall–Kier alpha value is -1.60. The summed E-state index contributed by atoms with van der Waals surface area (Å²) in [4.78, 5) is 10.8. The summed E-state index contributed by atoms with van der Waals surface area (Å²) in [5, 5.41) is 8.88. The molecule has 1 N–H and O–H groups in total. The van der Waals surface area contributed by atoms with Gasteiger partial charge in [0.05, 0.1) is 12.7 Å². The van der Waals surface area contributed by atoms with Crippen molar-refractivity contribution < 1.29 is 23.1 Å². The number of carbonyl (C=O) groups is 1. The molecule has 0 atom stereocenters. The van der Waals surface area contributed by atoms with Crippen molar-refractivity contribution in [1.82, 2.24) is 4.31 Å². The van der Waals surface area contributed by atoms with Crippen LogP contribution < -0.4 is 4.74 Å². The number of ether oxygens (including phenoxy) is 1. The lowest BCUT2D eigenvalue weighted by atomic mass is 10.2. The first-order valence-corrected chi connectivity index (χ1v) is 7.16. The molecule has 1 rings (SSSR count). The van der Waals surface area contributed by atoms with Gasteiger partial charge in [-0.15, -0.1) is 0 Å². The highest BCUT2D eigenvalue weighted by Gasteiger charge is 2.25. The Morgan fingerprint density at radius 2 is 2.05 bits per heavy atom. The van der Waals surface area contributed by atoms with E-state index < -0.39 is 16.0 Å². The van der Waals surface area contributed by atoms with E-state index in [1.165, 1.54) is 36.7 Å². The normalized spacial score (nSPS) is 11.6. The fourth-order valence-corrected chi connectivity index (χ4v) is 3.01. The highest BCUT2D eigenvalue weighted by atomic mass is 32.2. The molecule has 0 heterocycles. The Balaban J connectivity index is 3.31. The van der Waals surface area contributed by atoms with E-state index >= 15 is 0 Å². The molecule has 0 aromatic heterocycles. The zero-order valence-electron chi connectivity index (χ0n) is 11.1. The molecule has 1 aromatic rings. The van der Waals surface area contributed by atoms with Gasteiger partial charge in [-0.1, -0.05) is 6.92 Å². The van der Waals surface area contributed by atoms with Gasteiger partial charge in [-0.2, -0.15) is 0 Å². The predicted octanol–water partition coefficient (Wildman–Crippen LogP) is 1.42. The maximum atomic E-state index is 12.3. The van der Waals surface area contributed by atoms with Crippen molar-refractivity contribution in [1.29, 1.82) is 0 Å². The smallest absolute Gasteiger partial charge is 0.335 e. The average molecular weight is 287 g/mol. The van der Waals surface area contributed by atoms with Crippen molar-refractivity contribution >= 4 is 16.0 Å². The van der Waals surface area contributed by atoms with Gasteiger partial charge in [0.1, 0.15) is 10.6 Å². The van der Waals surface area contributed by atoms with Crippen LogP contribution in [-0.4, -0.2) is 44.5 Å². The SMILES string of the molecule is CCCN(C)S(=O)(=O)c1ccc(C(=O)O)cc1OC. The molecule has 7 heteroatoms. The van der Waals surface area contributed by atoms with Crippen LogP contribution >= 0.6 is 0 Å². The quantitative estimate of drug-likeness (QED) is 0.855. The van der Waals surface area contributed by atoms with Gasteiger partial charge in [-0.05, 0) is 24.6 Å². The van der Waals surface area contributed by atoms with Gasteiger partial charge in [0.2, 0.25) is 10.0 Å². The summed E-state index contributed by atoms with van der Waals surface area (Å²) >= 11 is 0. The first-order chi connectivity index (χ1) is 8.84. The third kappa shape index (κ3) is 3.24. The van der Waals surface area contributed by atoms with Crippen LogP contribution in [0.25, 0.3) is 0 Å². The molecule has 0 saturated carbocycles. The van der Waals surface area contributed by atoms with E-state index in [0.717, 1.165) is 0 Å². The molecule has 0 aliphatic rings. The molecule has 0 radical (unpaired) electrons. The molecule has 1 aromatic carbocycles. The highest BCUT2D eigenvalue weighted by molar-refractivity contribution is 7.89. The lowest BCUT2D eigenvalue weighted by Gasteiger charge is -2.18. The second kappa shape index (κ2) is 6.03. The molecule has 0 aliphatic heterocycles. The van der Waals surface area contributed by atoms with E-state index in [-0.39, 0.29) is 16.2 Å². The molecule has 0 aliphatic carbocycles. The first kappa shape index (κ1) is 15.5. The second-order valence-corrected chi connectivity index (χ2v) is 6.01. The van der Waals surface area contributed by atoms with Gasteiger partial charge in [0, 0.05) is 13.6 Å². The van der Waals surface area contributed by atoms with Crippen LogP contribution in [0.2, 0.25) is 0 Å². The van der Waals surface area contributed by atoms with Crippen molar-refractivity contribution in [3.8, 4) is 5.75 Å². The molecule has 0 unspecified atom stereocenters. The zero-order chi connectivity index (χ0) is 14.6. The van der Waals surface area contributed by atoms with Crippen LogP contribution in [0, 0.1) is 0 Å². The molecule has 106 valence electrons. The van der Waals surface area contributed by atoms with Crippen molar-refractivity contribution in [3.05, 3.63) is 23.8 Å². The van der Waals surface area contributed by atoms with Crippen LogP contribution in [0.15, 0.2) is 23.1 Å². The van der Waals surface area contributed by atoms with Crippen LogP contribution in [-0.2, 0) is 10.0 Å². The summed E-state index contributed by atoms with van der Waals surface area (Å²) in [5.74, 6) is -1.10. The summed E-state index contributed by atoms with van der Waals surface area (Å²) in [6.07, 6.45) is 0.686. The molecule has 0 fully saturated rings. The molecule has 0 bridgehead atoms. The van der Waals surface area contributed by atoms with Crippen LogP contribution in [0.4, 0.5) is 0 Å². The standard InChI is InChI=1S/C12H17NO5S/c1-4-7-13(2)19(16,17)11-6-5-9(12(14)15)8-10(11)18-3/h5-6,8H,4,7H2,1-3H3,(H,14,15). The summed E-state index contributed by atoms with van der Waals surface area (Å²) in [6.45, 7) is 2.25. The molecular formula is C12H17NO5S. The monoisotopic (exact) mass is 287 g/mol. The third-order valence-electron chi connectivity index (χ3n) is 2.64. The number of hydrogen-bond acceptors (Lipinski definition) is 4. The van der Waals surface area contributed by atoms with Gasteiger partial charge in [0.15, 0.2) is 0 Å². The van der Waals surface area contributed by atoms with E-state index in [1.54, 1.807) is 0 Å². The number of rotatable bonds is 6. The molecule has 0 amide bonds. The fraction of sp³-hybridized carbons (Fsp3) is 0.417. The van der Waals surface area contributed by atoms with E-state index in [1.807, 2.05) is 6.92 Å². The topological polar surface area (TPSA) is 83.9 Å². The number of hydrogen-bond donors (Lipinski definition) is 1. The Labute approximate surface area is 112 Å². The van der Waals surface area contributed by atoms with E-state index in [2.05, 4.69) is 0 Å². The minimum absolute atomic E-state index is 0.0195. The predicted molar refractivity (Wildman–Crippen MR) is 70.1 cm³/mol. The lowest BCUT2D eigenvalue weighted by Crippen LogP contribution is -2.28. The van der Waals surface area contributed by atoms with Gasteiger partial charge < -0.3 is 9.84 Å². The van der Waals surface area contributed by atoms with Crippen LogP contribution in [0.1, 0.15) is 23.7 Å². The highest BCUT2D eigenvalue weighted by Crippen LogP contribution is 2.27. The Morgan fingerprint density at radius 1 is 1.42 bits per heavy atom. The molecule has 6 nitrogen and oxygen atoms in total. The van der Waals surface area contributed by atoms with Crippen molar-refractivity contribution in [2.45, 2.75) is 18.2 Å². The van der Waals surface area contributed by atoms with Gasteiger partial charge >= 0.3 is 5.97 Å². The molecular weight excluding hydrogens is 270 g/mol. The molecule has 19 heavy (non-hydrogen) atoms. The largest absolute Gasteiger partial charge is 0.495 e. The number of nitrogens with zero attached hydrogens (tertiary/aromatic N) is 1. The second-order valence-electron chi connectivity index (χ2n) is 4.00. The first-order valence-electron chi connectivity index (χ1n) is 5.72.